The van der Waals surface area contributed by atoms with E-state index in [4.69, 9.17) is 33.2 Å². The van der Waals surface area contributed by atoms with E-state index in [0.717, 1.165) is 25.7 Å². The lowest BCUT2D eigenvalue weighted by atomic mass is 9.97. The third-order valence-corrected chi connectivity index (χ3v) is 10.6. The molecule has 1 saturated heterocycles. The van der Waals surface area contributed by atoms with E-state index in [2.05, 4.69) is 16.9 Å². The molecular weight excluding hydrogens is 855 g/mol. The Kier molecular flexibility index (Phi) is 24.0. The largest absolute Gasteiger partial charge is 0.480 e. The van der Waals surface area contributed by atoms with Crippen LogP contribution in [0.15, 0.2) is 108 Å². The Morgan fingerprint density at radius 2 is 1.17 bits per heavy atom. The molecule has 0 saturated carbocycles. The minimum absolute atomic E-state index is 0.0803. The lowest BCUT2D eigenvalue weighted by Crippen LogP contribution is -2.63. The highest BCUT2D eigenvalue weighted by Gasteiger charge is 2.52. The first-order chi connectivity index (χ1) is 32.1. The second-order valence-corrected chi connectivity index (χ2v) is 15.7. The van der Waals surface area contributed by atoms with Crippen LogP contribution in [0.25, 0.3) is 10.4 Å². The minimum atomic E-state index is -1.70. The third kappa shape index (κ3) is 18.8. The second-order valence-electron chi connectivity index (χ2n) is 15.7. The first kappa shape index (κ1) is 52.5. The SMILES string of the molecule is CCCCCCCCCCCCC/C=C/[C@@H](OC(=O)c1ccccc1)[C@H](CO[C@@H]1O[C@H](COCC(=O)O)[C@H](OCC(=O)O)[C@H](OC(=O)c2ccccc2)[C@H]1OC(=O)c1ccccc1)N=[N+]=[N-]. The molecule has 1 fully saturated rings. The van der Waals surface area contributed by atoms with Gasteiger partial charge in [0, 0.05) is 4.91 Å². The Morgan fingerprint density at radius 3 is 1.68 bits per heavy atom. The molecule has 3 aromatic carbocycles. The van der Waals surface area contributed by atoms with Gasteiger partial charge in [-0.25, -0.2) is 24.0 Å². The molecule has 1 aliphatic rings. The van der Waals surface area contributed by atoms with E-state index >= 15 is 0 Å². The second kappa shape index (κ2) is 30.2. The van der Waals surface area contributed by atoms with Crippen molar-refractivity contribution in [2.75, 3.05) is 26.4 Å². The molecule has 0 unspecified atom stereocenters. The highest BCUT2D eigenvalue weighted by Crippen LogP contribution is 2.32. The fourth-order valence-corrected chi connectivity index (χ4v) is 7.19. The zero-order chi connectivity index (χ0) is 47.4. The van der Waals surface area contributed by atoms with Crippen molar-refractivity contribution in [3.05, 3.63) is 130 Å². The number of hydrogen-bond donors (Lipinski definition) is 2. The maximum atomic E-state index is 13.7. The Balaban J connectivity index is 1.63. The number of hydrogen-bond acceptors (Lipinski definition) is 13. The Bertz CT molecular complexity index is 2000. The standard InChI is InChI=1S/C49H61N3O14/c1-2-3-4-5-6-7-8-9-10-11-12-13-23-30-39(63-46(57)35-24-17-14-18-25-35)38(51-52-50)31-62-49-45(66-48(59)37-28-21-16-22-29-37)44(65-47(58)36-26-19-15-20-27-36)43(61-34-42(55)56)40(64-49)32-60-33-41(53)54/h14-30,38-40,43-45,49H,2-13,31-34H2,1H3,(H,53,54)(H,55,56)/b30-23+/t38-,39+,40+,43-,44-,45+,49+/m0/s1. The monoisotopic (exact) mass is 915 g/mol. The number of carbonyl (C=O) groups is 5. The van der Waals surface area contributed by atoms with Crippen LogP contribution in [-0.4, -0.2) is 109 Å². The number of allylic oxidation sites excluding steroid dienone is 1. The normalized spacial score (nSPS) is 19.0. The number of aliphatic carboxylic acids is 2. The summed E-state index contributed by atoms with van der Waals surface area (Å²) >= 11 is 0. The lowest BCUT2D eigenvalue weighted by Gasteiger charge is -2.45. The van der Waals surface area contributed by atoms with Crippen LogP contribution in [0.2, 0.25) is 0 Å². The molecule has 0 aromatic heterocycles. The van der Waals surface area contributed by atoms with Gasteiger partial charge in [0.15, 0.2) is 18.5 Å². The smallest absolute Gasteiger partial charge is 0.338 e. The predicted molar refractivity (Wildman–Crippen MR) is 241 cm³/mol. The van der Waals surface area contributed by atoms with Crippen LogP contribution in [0.5, 0.6) is 0 Å². The molecule has 17 heteroatoms. The van der Waals surface area contributed by atoms with Crippen LogP contribution in [0, 0.1) is 0 Å². The van der Waals surface area contributed by atoms with Gasteiger partial charge in [0.2, 0.25) is 0 Å². The van der Waals surface area contributed by atoms with Gasteiger partial charge in [0.1, 0.15) is 37.6 Å². The van der Waals surface area contributed by atoms with Crippen LogP contribution in [-0.2, 0) is 42.7 Å². The maximum Gasteiger partial charge on any atom is 0.338 e. The number of ether oxygens (including phenoxy) is 7. The molecule has 0 amide bonds. The average Bonchev–Trinajstić information content (AvgIpc) is 3.32. The minimum Gasteiger partial charge on any atom is -0.480 e. The van der Waals surface area contributed by atoms with Gasteiger partial charge in [0.25, 0.3) is 0 Å². The molecule has 0 radical (unpaired) electrons. The molecule has 4 rings (SSSR count). The van der Waals surface area contributed by atoms with E-state index in [1.807, 2.05) is 6.08 Å². The van der Waals surface area contributed by atoms with Crippen LogP contribution in [0.4, 0.5) is 0 Å². The van der Waals surface area contributed by atoms with Gasteiger partial charge < -0.3 is 43.4 Å². The number of nitrogens with zero attached hydrogens (tertiary/aromatic N) is 3. The van der Waals surface area contributed by atoms with Gasteiger partial charge in [-0.2, -0.15) is 0 Å². The fraction of sp³-hybridized carbons (Fsp3) is 0.490. The van der Waals surface area contributed by atoms with Gasteiger partial charge in [-0.15, -0.1) is 0 Å². The van der Waals surface area contributed by atoms with E-state index in [0.29, 0.717) is 6.42 Å². The number of carbonyl (C=O) groups excluding carboxylic acids is 3. The molecule has 1 aliphatic heterocycles. The number of benzene rings is 3. The van der Waals surface area contributed by atoms with Gasteiger partial charge in [-0.3, -0.25) is 0 Å². The predicted octanol–water partition coefficient (Wildman–Crippen LogP) is 8.91. The van der Waals surface area contributed by atoms with Crippen molar-refractivity contribution in [1.82, 2.24) is 0 Å². The van der Waals surface area contributed by atoms with Gasteiger partial charge >= 0.3 is 29.8 Å². The summed E-state index contributed by atoms with van der Waals surface area (Å²) in [5.74, 6) is -5.27. The molecule has 66 heavy (non-hydrogen) atoms. The molecule has 0 bridgehead atoms. The van der Waals surface area contributed by atoms with E-state index < -0.39 is 99.1 Å². The summed E-state index contributed by atoms with van der Waals surface area (Å²) in [6, 6.07) is 22.6. The first-order valence-electron chi connectivity index (χ1n) is 22.5. The van der Waals surface area contributed by atoms with Gasteiger partial charge in [-0.1, -0.05) is 137 Å². The highest BCUT2D eigenvalue weighted by molar-refractivity contribution is 5.91. The summed E-state index contributed by atoms with van der Waals surface area (Å²) in [6.45, 7) is -0.604. The molecule has 0 spiro atoms. The van der Waals surface area contributed by atoms with E-state index in [-0.39, 0.29) is 16.7 Å². The third-order valence-electron chi connectivity index (χ3n) is 10.6. The Morgan fingerprint density at radius 1 is 0.667 bits per heavy atom. The number of carboxylic acids is 2. The van der Waals surface area contributed by atoms with Gasteiger partial charge in [0.05, 0.1) is 29.9 Å². The Labute approximate surface area is 384 Å². The van der Waals surface area contributed by atoms with Crippen molar-refractivity contribution >= 4 is 29.8 Å². The summed E-state index contributed by atoms with van der Waals surface area (Å²) in [4.78, 5) is 67.2. The zero-order valence-corrected chi connectivity index (χ0v) is 37.3. The molecule has 2 N–H and O–H groups in total. The quantitative estimate of drug-likeness (QED) is 0.0117. The molecule has 356 valence electrons. The van der Waals surface area contributed by atoms with Crippen LogP contribution in [0.3, 0.4) is 0 Å². The lowest BCUT2D eigenvalue weighted by molar-refractivity contribution is -0.307. The van der Waals surface area contributed by atoms with E-state index in [1.54, 1.807) is 72.8 Å². The average molecular weight is 916 g/mol. The van der Waals surface area contributed by atoms with Crippen molar-refractivity contribution in [2.45, 2.75) is 127 Å². The summed E-state index contributed by atoms with van der Waals surface area (Å²) in [6.07, 6.45) is 7.85. The fourth-order valence-electron chi connectivity index (χ4n) is 7.19. The number of carboxylic acid groups (broad SMARTS) is 2. The summed E-state index contributed by atoms with van der Waals surface area (Å²) in [7, 11) is 0. The van der Waals surface area contributed by atoms with Crippen molar-refractivity contribution in [3.63, 3.8) is 0 Å². The number of azide groups is 1. The first-order valence-corrected chi connectivity index (χ1v) is 22.5. The maximum absolute atomic E-state index is 13.7. The number of rotatable bonds is 31. The molecule has 0 aliphatic carbocycles. The van der Waals surface area contributed by atoms with Crippen molar-refractivity contribution < 1.29 is 67.3 Å². The molecule has 17 nitrogen and oxygen atoms in total. The molecule has 3 aromatic rings. The molecular formula is C49H61N3O14. The summed E-state index contributed by atoms with van der Waals surface area (Å²) in [5, 5.41) is 22.9. The molecule has 7 atom stereocenters. The van der Waals surface area contributed by atoms with Crippen LogP contribution in [0.1, 0.15) is 115 Å². The van der Waals surface area contributed by atoms with E-state index in [9.17, 15) is 39.7 Å². The summed E-state index contributed by atoms with van der Waals surface area (Å²) in [5.41, 5.74) is 10.2. The zero-order valence-electron chi connectivity index (χ0n) is 37.3. The topological polar surface area (TPSA) is 239 Å². The van der Waals surface area contributed by atoms with Crippen LogP contribution < -0.4 is 0 Å². The van der Waals surface area contributed by atoms with E-state index in [1.165, 1.54) is 69.2 Å². The Hall–Kier alpha value is -6.10. The van der Waals surface area contributed by atoms with Crippen molar-refractivity contribution in [2.24, 2.45) is 5.11 Å². The number of unbranched alkanes of at least 4 members (excludes halogenated alkanes) is 11. The number of esters is 3. The summed E-state index contributed by atoms with van der Waals surface area (Å²) < 4.78 is 41.4. The van der Waals surface area contributed by atoms with Crippen molar-refractivity contribution in [1.29, 1.82) is 0 Å². The highest BCUT2D eigenvalue weighted by atomic mass is 16.7. The van der Waals surface area contributed by atoms with Gasteiger partial charge in [-0.05, 0) is 60.8 Å². The molecule has 1 heterocycles. The van der Waals surface area contributed by atoms with Crippen molar-refractivity contribution in [3.8, 4) is 0 Å². The van der Waals surface area contributed by atoms with Crippen LogP contribution >= 0.6 is 0 Å².